The molecule has 1 aromatic carbocycles. The summed E-state index contributed by atoms with van der Waals surface area (Å²) < 4.78 is 5.84. The molecule has 100 valence electrons. The van der Waals surface area contributed by atoms with Crippen LogP contribution in [0.5, 0.6) is 0 Å². The molecule has 1 aromatic rings. The van der Waals surface area contributed by atoms with E-state index in [0.29, 0.717) is 0 Å². The van der Waals surface area contributed by atoms with Crippen molar-refractivity contribution in [2.75, 3.05) is 6.61 Å². The van der Waals surface area contributed by atoms with E-state index in [0.717, 1.165) is 17.9 Å². The topological polar surface area (TPSA) is 9.23 Å². The Kier molecular flexibility index (Phi) is 3.45. The molecule has 0 radical (unpaired) electrons. The van der Waals surface area contributed by atoms with E-state index >= 15 is 0 Å². The number of allylic oxidation sites excluding steroid dienone is 1. The fraction of sp³-hybridized carbons (Fsp3) is 0.444. The van der Waals surface area contributed by atoms with E-state index in [2.05, 4.69) is 46.5 Å². The lowest BCUT2D eigenvalue weighted by Crippen LogP contribution is -2.24. The Morgan fingerprint density at radius 1 is 1.05 bits per heavy atom. The molecule has 1 nitrogen and oxygen atoms in total. The normalized spacial score (nSPS) is 17.7. The highest BCUT2D eigenvalue weighted by molar-refractivity contribution is 5.43. The molecular formula is C18H22O. The molecular weight excluding hydrogens is 232 g/mol. The van der Waals surface area contributed by atoms with Crippen LogP contribution in [-0.4, -0.2) is 6.61 Å². The van der Waals surface area contributed by atoms with Crippen LogP contribution in [0.2, 0.25) is 0 Å². The summed E-state index contributed by atoms with van der Waals surface area (Å²) in [4.78, 5) is 0. The summed E-state index contributed by atoms with van der Waals surface area (Å²) in [6, 6.07) is 10.0. The fourth-order valence-electron chi connectivity index (χ4n) is 2.81. The minimum atomic E-state index is 0.0684. The second kappa shape index (κ2) is 4.78. The molecule has 0 aromatic heterocycles. The maximum absolute atomic E-state index is 5.84. The van der Waals surface area contributed by atoms with E-state index in [1.807, 2.05) is 30.3 Å². The minimum Gasteiger partial charge on any atom is -0.485 e. The van der Waals surface area contributed by atoms with Gasteiger partial charge in [-0.15, -0.1) is 0 Å². The minimum absolute atomic E-state index is 0.0684. The Morgan fingerprint density at radius 2 is 1.68 bits per heavy atom. The molecule has 0 amide bonds. The molecule has 0 atom stereocenters. The van der Waals surface area contributed by atoms with E-state index in [-0.39, 0.29) is 10.8 Å². The smallest absolute Gasteiger partial charge is 0.170 e. The van der Waals surface area contributed by atoms with Crippen molar-refractivity contribution in [3.8, 4) is 11.8 Å². The van der Waals surface area contributed by atoms with Crippen molar-refractivity contribution in [3.63, 3.8) is 0 Å². The SMILES string of the molecule is CC(C)(C)C1=C(C#Cc2ccccc2)OCC1(C)C. The molecule has 19 heavy (non-hydrogen) atoms. The maximum Gasteiger partial charge on any atom is 0.170 e. The standard InChI is InChI=1S/C18H22O/c1-17(2,3)16-15(19-13-18(16,4)5)12-11-14-9-7-6-8-10-14/h6-10H,13H2,1-5H3. The summed E-state index contributed by atoms with van der Waals surface area (Å²) >= 11 is 0. The number of benzene rings is 1. The molecule has 1 heterocycles. The lowest BCUT2D eigenvalue weighted by atomic mass is 9.72. The van der Waals surface area contributed by atoms with Crippen LogP contribution in [0.25, 0.3) is 0 Å². The molecule has 0 bridgehead atoms. The molecule has 1 heteroatoms. The number of hydrogen-bond donors (Lipinski definition) is 0. The zero-order valence-electron chi connectivity index (χ0n) is 12.5. The van der Waals surface area contributed by atoms with Crippen molar-refractivity contribution in [3.05, 3.63) is 47.2 Å². The summed E-state index contributed by atoms with van der Waals surface area (Å²) in [5.41, 5.74) is 2.50. The Bertz CT molecular complexity index is 545. The summed E-state index contributed by atoms with van der Waals surface area (Å²) in [5.74, 6) is 7.27. The average molecular weight is 254 g/mol. The van der Waals surface area contributed by atoms with Crippen molar-refractivity contribution in [2.45, 2.75) is 34.6 Å². The maximum atomic E-state index is 5.84. The van der Waals surface area contributed by atoms with Crippen LogP contribution < -0.4 is 0 Å². The third-order valence-corrected chi connectivity index (χ3v) is 3.33. The third-order valence-electron chi connectivity index (χ3n) is 3.33. The van der Waals surface area contributed by atoms with Gasteiger partial charge in [-0.05, 0) is 29.0 Å². The zero-order valence-corrected chi connectivity index (χ0v) is 12.5. The first-order valence-corrected chi connectivity index (χ1v) is 6.76. The monoisotopic (exact) mass is 254 g/mol. The van der Waals surface area contributed by atoms with Gasteiger partial charge in [-0.25, -0.2) is 0 Å². The van der Waals surface area contributed by atoms with Crippen LogP contribution in [0.4, 0.5) is 0 Å². The predicted molar refractivity (Wildman–Crippen MR) is 79.5 cm³/mol. The summed E-state index contributed by atoms with van der Waals surface area (Å²) in [6.45, 7) is 11.9. The molecule has 0 aliphatic carbocycles. The predicted octanol–water partition coefficient (Wildman–Crippen LogP) is 4.39. The highest BCUT2D eigenvalue weighted by Crippen LogP contribution is 2.46. The van der Waals surface area contributed by atoms with E-state index in [1.54, 1.807) is 0 Å². The van der Waals surface area contributed by atoms with Crippen molar-refractivity contribution >= 4 is 0 Å². The first kappa shape index (κ1) is 13.7. The van der Waals surface area contributed by atoms with Gasteiger partial charge in [-0.3, -0.25) is 0 Å². The molecule has 0 saturated heterocycles. The molecule has 2 rings (SSSR count). The van der Waals surface area contributed by atoms with Gasteiger partial charge in [-0.1, -0.05) is 58.7 Å². The molecule has 0 unspecified atom stereocenters. The Labute approximate surface area is 116 Å². The highest BCUT2D eigenvalue weighted by atomic mass is 16.5. The first-order chi connectivity index (χ1) is 8.81. The molecule has 0 fully saturated rings. The first-order valence-electron chi connectivity index (χ1n) is 6.76. The Morgan fingerprint density at radius 3 is 2.26 bits per heavy atom. The molecule has 1 aliphatic heterocycles. The van der Waals surface area contributed by atoms with Gasteiger partial charge < -0.3 is 4.74 Å². The van der Waals surface area contributed by atoms with E-state index in [4.69, 9.17) is 4.74 Å². The van der Waals surface area contributed by atoms with Crippen molar-refractivity contribution in [2.24, 2.45) is 10.8 Å². The largest absolute Gasteiger partial charge is 0.485 e. The number of hydrogen-bond acceptors (Lipinski definition) is 1. The quantitative estimate of drug-likeness (QED) is 0.624. The van der Waals surface area contributed by atoms with E-state index < -0.39 is 0 Å². The van der Waals surface area contributed by atoms with Crippen LogP contribution in [0.15, 0.2) is 41.7 Å². The molecule has 1 aliphatic rings. The van der Waals surface area contributed by atoms with Gasteiger partial charge in [0.2, 0.25) is 0 Å². The van der Waals surface area contributed by atoms with E-state index in [1.165, 1.54) is 5.57 Å². The van der Waals surface area contributed by atoms with Gasteiger partial charge in [-0.2, -0.15) is 0 Å². The van der Waals surface area contributed by atoms with Crippen LogP contribution in [-0.2, 0) is 4.74 Å². The van der Waals surface area contributed by atoms with Crippen LogP contribution in [0.1, 0.15) is 40.2 Å². The second-order valence-corrected chi connectivity index (χ2v) is 6.74. The number of rotatable bonds is 0. The highest BCUT2D eigenvalue weighted by Gasteiger charge is 2.40. The van der Waals surface area contributed by atoms with Gasteiger partial charge in [0.05, 0.1) is 6.61 Å². The van der Waals surface area contributed by atoms with Crippen LogP contribution in [0.3, 0.4) is 0 Å². The van der Waals surface area contributed by atoms with Crippen molar-refractivity contribution < 1.29 is 4.74 Å². The average Bonchev–Trinajstić information content (AvgIpc) is 2.63. The molecule has 0 N–H and O–H groups in total. The molecule has 0 spiro atoms. The summed E-state index contributed by atoms with van der Waals surface area (Å²) in [5, 5.41) is 0. The lowest BCUT2D eigenvalue weighted by molar-refractivity contribution is 0.190. The van der Waals surface area contributed by atoms with Crippen molar-refractivity contribution in [1.82, 2.24) is 0 Å². The third kappa shape index (κ3) is 3.01. The summed E-state index contributed by atoms with van der Waals surface area (Å²) in [7, 11) is 0. The Hall–Kier alpha value is -1.68. The van der Waals surface area contributed by atoms with Crippen molar-refractivity contribution in [1.29, 1.82) is 0 Å². The van der Waals surface area contributed by atoms with Gasteiger partial charge in [0.15, 0.2) is 5.76 Å². The van der Waals surface area contributed by atoms with Gasteiger partial charge >= 0.3 is 0 Å². The lowest BCUT2D eigenvalue weighted by Gasteiger charge is -2.30. The van der Waals surface area contributed by atoms with Gasteiger partial charge in [0.25, 0.3) is 0 Å². The molecule has 0 saturated carbocycles. The fourth-order valence-corrected chi connectivity index (χ4v) is 2.81. The Balaban J connectivity index is 2.41. The van der Waals surface area contributed by atoms with Crippen LogP contribution in [0, 0.1) is 22.7 Å². The van der Waals surface area contributed by atoms with Gasteiger partial charge in [0, 0.05) is 11.0 Å². The number of ether oxygens (including phenoxy) is 1. The zero-order chi connectivity index (χ0) is 14.1. The van der Waals surface area contributed by atoms with Gasteiger partial charge in [0.1, 0.15) is 0 Å². The second-order valence-electron chi connectivity index (χ2n) is 6.74. The van der Waals surface area contributed by atoms with E-state index in [9.17, 15) is 0 Å². The summed E-state index contributed by atoms with van der Waals surface area (Å²) in [6.07, 6.45) is 0. The van der Waals surface area contributed by atoms with Crippen LogP contribution >= 0.6 is 0 Å².